The average molecular weight is 336 g/mol. The van der Waals surface area contributed by atoms with Crippen LogP contribution in [0.15, 0.2) is 24.3 Å². The molecule has 2 heterocycles. The summed E-state index contributed by atoms with van der Waals surface area (Å²) >= 11 is 0.975. The van der Waals surface area contributed by atoms with Gasteiger partial charge in [-0.25, -0.2) is 4.39 Å². The van der Waals surface area contributed by atoms with Gasteiger partial charge in [-0.2, -0.15) is 4.37 Å². The highest BCUT2D eigenvalue weighted by Crippen LogP contribution is 2.28. The van der Waals surface area contributed by atoms with Gasteiger partial charge in [-0.3, -0.25) is 4.79 Å². The molecule has 0 saturated carbocycles. The van der Waals surface area contributed by atoms with Crippen LogP contribution >= 0.6 is 11.7 Å². The molecule has 3 rings (SSSR count). The Hall–Kier alpha value is -2.06. The summed E-state index contributed by atoms with van der Waals surface area (Å²) in [5, 5.41) is 0. The molecule has 8 heteroatoms. The van der Waals surface area contributed by atoms with Gasteiger partial charge in [-0.15, -0.1) is 4.37 Å². The van der Waals surface area contributed by atoms with Crippen molar-refractivity contribution in [2.24, 2.45) is 0 Å². The van der Waals surface area contributed by atoms with Crippen molar-refractivity contribution in [2.75, 3.05) is 39.8 Å². The number of likely N-dealkylation sites (N-methyl/N-ethyl adjacent to an activating group) is 1. The topological polar surface area (TPSA) is 58.6 Å². The third-order valence-electron chi connectivity index (χ3n) is 3.74. The average Bonchev–Trinajstić information content (AvgIpc) is 3.02. The van der Waals surface area contributed by atoms with E-state index in [-0.39, 0.29) is 24.2 Å². The summed E-state index contributed by atoms with van der Waals surface area (Å²) < 4.78 is 27.0. The highest BCUT2D eigenvalue weighted by Gasteiger charge is 2.21. The van der Waals surface area contributed by atoms with Crippen LogP contribution in [0.4, 0.5) is 4.39 Å². The SMILES string of the molecule is CN1CCN(C(=O)COc2nsnc2-c2cccc(F)c2)CC1. The van der Waals surface area contributed by atoms with Crippen LogP contribution < -0.4 is 4.74 Å². The molecule has 0 radical (unpaired) electrons. The molecule has 0 unspecified atom stereocenters. The van der Waals surface area contributed by atoms with Gasteiger partial charge >= 0.3 is 0 Å². The molecule has 0 N–H and O–H groups in total. The van der Waals surface area contributed by atoms with Gasteiger partial charge in [-0.05, 0) is 19.2 Å². The third-order valence-corrected chi connectivity index (χ3v) is 4.26. The lowest BCUT2D eigenvalue weighted by molar-refractivity contribution is -0.135. The number of halogens is 1. The van der Waals surface area contributed by atoms with Gasteiger partial charge < -0.3 is 14.5 Å². The van der Waals surface area contributed by atoms with Crippen LogP contribution in [0.3, 0.4) is 0 Å². The molecule has 0 spiro atoms. The van der Waals surface area contributed by atoms with E-state index in [2.05, 4.69) is 13.6 Å². The lowest BCUT2D eigenvalue weighted by Gasteiger charge is -2.32. The molecule has 1 aromatic carbocycles. The molecule has 122 valence electrons. The smallest absolute Gasteiger partial charge is 0.260 e. The summed E-state index contributed by atoms with van der Waals surface area (Å²) in [5.74, 6) is -0.158. The van der Waals surface area contributed by atoms with Gasteiger partial charge in [0, 0.05) is 31.7 Å². The monoisotopic (exact) mass is 336 g/mol. The van der Waals surface area contributed by atoms with Gasteiger partial charge in [0.05, 0.1) is 11.7 Å². The lowest BCUT2D eigenvalue weighted by Crippen LogP contribution is -2.48. The van der Waals surface area contributed by atoms with Crippen molar-refractivity contribution in [1.82, 2.24) is 18.5 Å². The Balaban J connectivity index is 1.63. The fourth-order valence-electron chi connectivity index (χ4n) is 2.36. The Morgan fingerprint density at radius 2 is 2.09 bits per heavy atom. The number of carbonyl (C=O) groups is 1. The molecule has 1 amide bonds. The molecule has 23 heavy (non-hydrogen) atoms. The van der Waals surface area contributed by atoms with Crippen LogP contribution in [0.2, 0.25) is 0 Å². The molecule has 1 aliphatic rings. The van der Waals surface area contributed by atoms with E-state index in [0.29, 0.717) is 24.3 Å². The second-order valence-corrected chi connectivity index (χ2v) is 5.93. The maximum absolute atomic E-state index is 13.3. The molecule has 6 nitrogen and oxygen atoms in total. The molecular weight excluding hydrogens is 319 g/mol. The highest BCUT2D eigenvalue weighted by molar-refractivity contribution is 6.99. The summed E-state index contributed by atoms with van der Waals surface area (Å²) in [7, 11) is 2.03. The summed E-state index contributed by atoms with van der Waals surface area (Å²) in [5.41, 5.74) is 1.04. The normalized spacial score (nSPS) is 15.7. The molecule has 1 aromatic heterocycles. The maximum Gasteiger partial charge on any atom is 0.260 e. The standard InChI is InChI=1S/C15H17FN4O2S/c1-19-5-7-20(8-6-19)13(21)10-22-15-14(17-23-18-15)11-3-2-4-12(16)9-11/h2-4,9H,5-8,10H2,1H3. The van der Waals surface area contributed by atoms with Gasteiger partial charge in [0.2, 0.25) is 0 Å². The van der Waals surface area contributed by atoms with Crippen LogP contribution in [-0.2, 0) is 4.79 Å². The van der Waals surface area contributed by atoms with Gasteiger partial charge in [0.25, 0.3) is 11.8 Å². The molecular formula is C15H17FN4O2S. The lowest BCUT2D eigenvalue weighted by atomic mass is 10.1. The van der Waals surface area contributed by atoms with Crippen molar-refractivity contribution in [3.8, 4) is 17.1 Å². The zero-order valence-corrected chi connectivity index (χ0v) is 13.6. The van der Waals surface area contributed by atoms with Gasteiger partial charge in [-0.1, -0.05) is 12.1 Å². The van der Waals surface area contributed by atoms with E-state index in [1.807, 2.05) is 7.05 Å². The summed E-state index contributed by atoms with van der Waals surface area (Å²) in [6, 6.07) is 6.06. The minimum Gasteiger partial charge on any atom is -0.465 e. The molecule has 2 aromatic rings. The third kappa shape index (κ3) is 3.83. The van der Waals surface area contributed by atoms with E-state index >= 15 is 0 Å². The Kier molecular flexibility index (Phi) is 4.82. The summed E-state index contributed by atoms with van der Waals surface area (Å²) in [6.07, 6.45) is 0. The van der Waals surface area contributed by atoms with Crippen LogP contribution in [0.25, 0.3) is 11.3 Å². The quantitative estimate of drug-likeness (QED) is 0.847. The number of nitrogens with zero attached hydrogens (tertiary/aromatic N) is 4. The number of hydrogen-bond donors (Lipinski definition) is 0. The molecule has 1 saturated heterocycles. The predicted molar refractivity (Wildman–Crippen MR) is 84.9 cm³/mol. The second-order valence-electron chi connectivity index (χ2n) is 5.40. The Bertz CT molecular complexity index is 686. The number of rotatable bonds is 4. The first kappa shape index (κ1) is 15.8. The van der Waals surface area contributed by atoms with Crippen LogP contribution in [0.5, 0.6) is 5.88 Å². The Morgan fingerprint density at radius 1 is 1.30 bits per heavy atom. The first-order chi connectivity index (χ1) is 11.1. The fourth-order valence-corrected chi connectivity index (χ4v) is 2.88. The van der Waals surface area contributed by atoms with E-state index in [4.69, 9.17) is 4.74 Å². The van der Waals surface area contributed by atoms with Crippen molar-refractivity contribution < 1.29 is 13.9 Å². The van der Waals surface area contributed by atoms with E-state index < -0.39 is 0 Å². The van der Waals surface area contributed by atoms with Crippen molar-refractivity contribution in [3.63, 3.8) is 0 Å². The Labute approximate surface area is 137 Å². The molecule has 1 fully saturated rings. The second kappa shape index (κ2) is 7.01. The first-order valence-electron chi connectivity index (χ1n) is 7.31. The molecule has 1 aliphatic heterocycles. The van der Waals surface area contributed by atoms with Gasteiger partial charge in [0.15, 0.2) is 6.61 Å². The number of ether oxygens (including phenoxy) is 1. The number of aromatic nitrogens is 2. The van der Waals surface area contributed by atoms with Crippen molar-refractivity contribution >= 4 is 17.6 Å². The van der Waals surface area contributed by atoms with Gasteiger partial charge in [0.1, 0.15) is 11.5 Å². The van der Waals surface area contributed by atoms with Crippen molar-refractivity contribution in [2.45, 2.75) is 0 Å². The number of benzene rings is 1. The van der Waals surface area contributed by atoms with Crippen LogP contribution in [0.1, 0.15) is 0 Å². The largest absolute Gasteiger partial charge is 0.465 e. The summed E-state index contributed by atoms with van der Waals surface area (Å²) in [4.78, 5) is 16.1. The van der Waals surface area contributed by atoms with E-state index in [1.165, 1.54) is 12.1 Å². The maximum atomic E-state index is 13.3. The van der Waals surface area contributed by atoms with Crippen molar-refractivity contribution in [3.05, 3.63) is 30.1 Å². The van der Waals surface area contributed by atoms with E-state index in [0.717, 1.165) is 24.8 Å². The van der Waals surface area contributed by atoms with E-state index in [1.54, 1.807) is 17.0 Å². The number of amides is 1. The van der Waals surface area contributed by atoms with Crippen LogP contribution in [0, 0.1) is 5.82 Å². The summed E-state index contributed by atoms with van der Waals surface area (Å²) in [6.45, 7) is 3.03. The fraction of sp³-hybridized carbons (Fsp3) is 0.400. The highest BCUT2D eigenvalue weighted by atomic mass is 32.1. The number of piperazine rings is 1. The number of carbonyl (C=O) groups excluding carboxylic acids is 1. The minimum atomic E-state index is -0.352. The van der Waals surface area contributed by atoms with E-state index in [9.17, 15) is 9.18 Å². The molecule has 0 aliphatic carbocycles. The zero-order valence-electron chi connectivity index (χ0n) is 12.7. The minimum absolute atomic E-state index is 0.0729. The Morgan fingerprint density at radius 3 is 2.83 bits per heavy atom. The molecule has 0 bridgehead atoms. The first-order valence-corrected chi connectivity index (χ1v) is 8.04. The zero-order chi connectivity index (χ0) is 16.2. The van der Waals surface area contributed by atoms with Crippen molar-refractivity contribution in [1.29, 1.82) is 0 Å². The number of hydrogen-bond acceptors (Lipinski definition) is 6. The molecule has 0 atom stereocenters. The predicted octanol–water partition coefficient (Wildman–Crippen LogP) is 1.50. The van der Waals surface area contributed by atoms with Crippen LogP contribution in [-0.4, -0.2) is 64.3 Å².